The summed E-state index contributed by atoms with van der Waals surface area (Å²) in [4.78, 5) is 12.1. The van der Waals surface area contributed by atoms with Crippen LogP contribution in [0.25, 0.3) is 0 Å². The fourth-order valence-electron chi connectivity index (χ4n) is 1.76. The molecule has 0 saturated heterocycles. The largest absolute Gasteiger partial charge is 0.497 e. The van der Waals surface area contributed by atoms with E-state index in [-0.39, 0.29) is 11.7 Å². The zero-order chi connectivity index (χ0) is 16.1. The Kier molecular flexibility index (Phi) is 5.38. The molecule has 0 aliphatic heterocycles. The molecule has 116 valence electrons. The standard InChI is InChI=1S/C16H15BrFNO3/c1-10(22-15-7-6-11(18)8-14(15)17)16(20)19-12-4-3-5-13(9-12)21-2/h3-10H,1-2H3,(H,19,20). The van der Waals surface area contributed by atoms with Crippen LogP contribution in [0.15, 0.2) is 46.9 Å². The maximum absolute atomic E-state index is 13.0. The summed E-state index contributed by atoms with van der Waals surface area (Å²) >= 11 is 3.20. The second-order valence-corrected chi connectivity index (χ2v) is 5.41. The zero-order valence-corrected chi connectivity index (χ0v) is 13.7. The summed E-state index contributed by atoms with van der Waals surface area (Å²) in [5.74, 6) is 0.347. The molecule has 1 N–H and O–H groups in total. The summed E-state index contributed by atoms with van der Waals surface area (Å²) < 4.78 is 24.1. The molecule has 0 saturated carbocycles. The number of hydrogen-bond acceptors (Lipinski definition) is 3. The van der Waals surface area contributed by atoms with Gasteiger partial charge in [-0.1, -0.05) is 6.07 Å². The van der Waals surface area contributed by atoms with Crippen molar-refractivity contribution in [3.05, 3.63) is 52.8 Å². The summed E-state index contributed by atoms with van der Waals surface area (Å²) in [5.41, 5.74) is 0.609. The van der Waals surface area contributed by atoms with Crippen LogP contribution in [-0.2, 0) is 4.79 Å². The van der Waals surface area contributed by atoms with Gasteiger partial charge in [-0.05, 0) is 53.2 Å². The lowest BCUT2D eigenvalue weighted by molar-refractivity contribution is -0.122. The third-order valence-electron chi connectivity index (χ3n) is 2.90. The molecule has 0 heterocycles. The Morgan fingerprint density at radius 2 is 2.05 bits per heavy atom. The van der Waals surface area contributed by atoms with Gasteiger partial charge >= 0.3 is 0 Å². The third-order valence-corrected chi connectivity index (χ3v) is 3.52. The molecule has 0 radical (unpaired) electrons. The van der Waals surface area contributed by atoms with Gasteiger partial charge in [0.2, 0.25) is 0 Å². The maximum atomic E-state index is 13.0. The minimum atomic E-state index is -0.743. The van der Waals surface area contributed by atoms with Gasteiger partial charge < -0.3 is 14.8 Å². The van der Waals surface area contributed by atoms with E-state index in [1.165, 1.54) is 18.2 Å². The van der Waals surface area contributed by atoms with Crippen molar-refractivity contribution >= 4 is 27.5 Å². The molecule has 0 bridgehead atoms. The number of nitrogens with one attached hydrogen (secondary N) is 1. The zero-order valence-electron chi connectivity index (χ0n) is 12.1. The van der Waals surface area contributed by atoms with Crippen molar-refractivity contribution in [2.45, 2.75) is 13.0 Å². The number of halogens is 2. The number of benzene rings is 2. The summed E-state index contributed by atoms with van der Waals surface area (Å²) in [5, 5.41) is 2.73. The number of hydrogen-bond donors (Lipinski definition) is 1. The first-order valence-electron chi connectivity index (χ1n) is 6.56. The van der Waals surface area contributed by atoms with Gasteiger partial charge in [-0.2, -0.15) is 0 Å². The molecular formula is C16H15BrFNO3. The highest BCUT2D eigenvalue weighted by Gasteiger charge is 2.16. The van der Waals surface area contributed by atoms with E-state index in [1.54, 1.807) is 38.3 Å². The minimum Gasteiger partial charge on any atom is -0.497 e. The van der Waals surface area contributed by atoms with E-state index in [2.05, 4.69) is 21.2 Å². The Morgan fingerprint density at radius 1 is 1.27 bits per heavy atom. The van der Waals surface area contributed by atoms with Crippen molar-refractivity contribution in [3.63, 3.8) is 0 Å². The molecule has 6 heteroatoms. The maximum Gasteiger partial charge on any atom is 0.265 e. The summed E-state index contributed by atoms with van der Waals surface area (Å²) in [7, 11) is 1.55. The molecule has 22 heavy (non-hydrogen) atoms. The van der Waals surface area contributed by atoms with Gasteiger partial charge in [-0.3, -0.25) is 4.79 Å². The fourth-order valence-corrected chi connectivity index (χ4v) is 2.20. The molecule has 1 atom stereocenters. The monoisotopic (exact) mass is 367 g/mol. The van der Waals surface area contributed by atoms with E-state index in [0.29, 0.717) is 21.7 Å². The minimum absolute atomic E-state index is 0.315. The van der Waals surface area contributed by atoms with Crippen LogP contribution in [0.3, 0.4) is 0 Å². The Balaban J connectivity index is 2.02. The molecule has 1 amide bonds. The second-order valence-electron chi connectivity index (χ2n) is 4.56. The number of carbonyl (C=O) groups is 1. The molecular weight excluding hydrogens is 353 g/mol. The highest BCUT2D eigenvalue weighted by Crippen LogP contribution is 2.26. The van der Waals surface area contributed by atoms with Crippen molar-refractivity contribution in [2.24, 2.45) is 0 Å². The second kappa shape index (κ2) is 7.26. The number of anilines is 1. The highest BCUT2D eigenvalue weighted by molar-refractivity contribution is 9.10. The van der Waals surface area contributed by atoms with Crippen LogP contribution in [0.1, 0.15) is 6.92 Å². The lowest BCUT2D eigenvalue weighted by atomic mass is 10.2. The van der Waals surface area contributed by atoms with Crippen LogP contribution in [0.2, 0.25) is 0 Å². The van der Waals surface area contributed by atoms with Crippen molar-refractivity contribution in [3.8, 4) is 11.5 Å². The Morgan fingerprint density at radius 3 is 2.73 bits per heavy atom. The van der Waals surface area contributed by atoms with Crippen LogP contribution in [0.5, 0.6) is 11.5 Å². The van der Waals surface area contributed by atoms with Gasteiger partial charge in [0, 0.05) is 11.8 Å². The van der Waals surface area contributed by atoms with Crippen molar-refractivity contribution in [2.75, 3.05) is 12.4 Å². The van der Waals surface area contributed by atoms with Crippen LogP contribution < -0.4 is 14.8 Å². The van der Waals surface area contributed by atoms with Crippen LogP contribution >= 0.6 is 15.9 Å². The van der Waals surface area contributed by atoms with E-state index in [0.717, 1.165) is 0 Å². The van der Waals surface area contributed by atoms with Gasteiger partial charge in [-0.15, -0.1) is 0 Å². The molecule has 4 nitrogen and oxygen atoms in total. The van der Waals surface area contributed by atoms with E-state index in [4.69, 9.17) is 9.47 Å². The number of carbonyl (C=O) groups excluding carboxylic acids is 1. The molecule has 0 spiro atoms. The Bertz CT molecular complexity index is 678. The summed E-state index contributed by atoms with van der Waals surface area (Å²) in [6.07, 6.45) is -0.743. The van der Waals surface area contributed by atoms with Gasteiger partial charge in [-0.25, -0.2) is 4.39 Å². The van der Waals surface area contributed by atoms with Crippen LogP contribution in [0.4, 0.5) is 10.1 Å². The smallest absolute Gasteiger partial charge is 0.265 e. The van der Waals surface area contributed by atoms with E-state index >= 15 is 0 Å². The normalized spacial score (nSPS) is 11.6. The molecule has 0 aromatic heterocycles. The number of ether oxygens (including phenoxy) is 2. The van der Waals surface area contributed by atoms with Crippen LogP contribution in [-0.4, -0.2) is 19.1 Å². The molecule has 1 unspecified atom stereocenters. The topological polar surface area (TPSA) is 47.6 Å². The number of amides is 1. The third kappa shape index (κ3) is 4.21. The van der Waals surface area contributed by atoms with Gasteiger partial charge in [0.15, 0.2) is 6.10 Å². The summed E-state index contributed by atoms with van der Waals surface area (Å²) in [6.45, 7) is 1.62. The van der Waals surface area contributed by atoms with E-state index in [9.17, 15) is 9.18 Å². The quantitative estimate of drug-likeness (QED) is 0.868. The predicted octanol–water partition coefficient (Wildman–Crippen LogP) is 4.00. The average molecular weight is 368 g/mol. The molecule has 2 rings (SSSR count). The van der Waals surface area contributed by atoms with Crippen molar-refractivity contribution in [1.82, 2.24) is 0 Å². The Hall–Kier alpha value is -2.08. The van der Waals surface area contributed by atoms with Crippen molar-refractivity contribution in [1.29, 1.82) is 0 Å². The van der Waals surface area contributed by atoms with E-state index < -0.39 is 6.10 Å². The van der Waals surface area contributed by atoms with Gasteiger partial charge in [0.05, 0.1) is 11.6 Å². The van der Waals surface area contributed by atoms with Gasteiger partial charge in [0.1, 0.15) is 17.3 Å². The van der Waals surface area contributed by atoms with E-state index in [1.807, 2.05) is 0 Å². The first-order valence-corrected chi connectivity index (χ1v) is 7.35. The molecule has 2 aromatic carbocycles. The lowest BCUT2D eigenvalue weighted by Gasteiger charge is -2.16. The fraction of sp³-hybridized carbons (Fsp3) is 0.188. The SMILES string of the molecule is COc1cccc(NC(=O)C(C)Oc2ccc(F)cc2Br)c1. The average Bonchev–Trinajstić information content (AvgIpc) is 2.50. The lowest BCUT2D eigenvalue weighted by Crippen LogP contribution is -2.30. The predicted molar refractivity (Wildman–Crippen MR) is 85.8 cm³/mol. The summed E-state index contributed by atoms with van der Waals surface area (Å²) in [6, 6.07) is 11.0. The number of methoxy groups -OCH3 is 1. The molecule has 0 fully saturated rings. The van der Waals surface area contributed by atoms with Gasteiger partial charge in [0.25, 0.3) is 5.91 Å². The van der Waals surface area contributed by atoms with Crippen molar-refractivity contribution < 1.29 is 18.7 Å². The Labute approximate surface area is 136 Å². The number of rotatable bonds is 5. The molecule has 0 aliphatic rings. The van der Waals surface area contributed by atoms with Crippen LogP contribution in [0, 0.1) is 5.82 Å². The molecule has 0 aliphatic carbocycles. The first kappa shape index (κ1) is 16.3. The highest BCUT2D eigenvalue weighted by atomic mass is 79.9. The first-order chi connectivity index (χ1) is 10.5. The molecule has 2 aromatic rings.